The van der Waals surface area contributed by atoms with Crippen LogP contribution in [0, 0.1) is 5.82 Å². The fourth-order valence-electron chi connectivity index (χ4n) is 3.46. The number of methoxy groups -OCH3 is 1. The Kier molecular flexibility index (Phi) is 8.48. The number of halogens is 1. The summed E-state index contributed by atoms with van der Waals surface area (Å²) in [6.45, 7) is 0. The SMILES string of the molecule is COC(=O)[C@H](Cc1cccc(F)c1)NC(=O)[C@H](O)[C@@H](NC(=O)c1ccccc1)c1ccccc1. The van der Waals surface area contributed by atoms with E-state index in [9.17, 15) is 23.9 Å². The third-order valence-corrected chi connectivity index (χ3v) is 5.20. The second-order valence-corrected chi connectivity index (χ2v) is 7.59. The molecule has 3 aromatic carbocycles. The van der Waals surface area contributed by atoms with Crippen molar-refractivity contribution in [2.24, 2.45) is 0 Å². The van der Waals surface area contributed by atoms with Crippen LogP contribution >= 0.6 is 0 Å². The van der Waals surface area contributed by atoms with Gasteiger partial charge in [0.15, 0.2) is 6.10 Å². The van der Waals surface area contributed by atoms with Crippen LogP contribution < -0.4 is 10.6 Å². The topological polar surface area (TPSA) is 105 Å². The van der Waals surface area contributed by atoms with Crippen LogP contribution in [0.2, 0.25) is 0 Å². The number of carbonyl (C=O) groups excluding carboxylic acids is 3. The van der Waals surface area contributed by atoms with Crippen molar-refractivity contribution in [1.82, 2.24) is 10.6 Å². The van der Waals surface area contributed by atoms with Gasteiger partial charge in [-0.1, -0.05) is 60.7 Å². The average molecular weight is 464 g/mol. The van der Waals surface area contributed by atoms with Crippen LogP contribution in [-0.2, 0) is 20.7 Å². The first kappa shape index (κ1) is 24.6. The molecule has 34 heavy (non-hydrogen) atoms. The predicted octanol–water partition coefficient (Wildman–Crippen LogP) is 2.56. The van der Waals surface area contributed by atoms with Crippen LogP contribution in [-0.4, -0.2) is 42.1 Å². The average Bonchev–Trinajstić information content (AvgIpc) is 2.86. The Bertz CT molecular complexity index is 1120. The molecule has 0 aliphatic carbocycles. The number of hydrogen-bond donors (Lipinski definition) is 3. The molecule has 176 valence electrons. The van der Waals surface area contributed by atoms with Crippen molar-refractivity contribution in [1.29, 1.82) is 0 Å². The molecule has 3 atom stereocenters. The van der Waals surface area contributed by atoms with E-state index in [4.69, 9.17) is 4.74 Å². The minimum Gasteiger partial charge on any atom is -0.467 e. The first-order chi connectivity index (χ1) is 16.4. The second-order valence-electron chi connectivity index (χ2n) is 7.59. The van der Waals surface area contributed by atoms with Crippen LogP contribution in [0.1, 0.15) is 27.5 Å². The lowest BCUT2D eigenvalue weighted by Gasteiger charge is -2.26. The highest BCUT2D eigenvalue weighted by molar-refractivity contribution is 5.95. The Hall–Kier alpha value is -4.04. The number of hydrogen-bond acceptors (Lipinski definition) is 5. The van der Waals surface area contributed by atoms with Crippen LogP contribution in [0.5, 0.6) is 0 Å². The molecule has 2 amide bonds. The molecule has 3 N–H and O–H groups in total. The Morgan fingerprint density at radius 2 is 1.56 bits per heavy atom. The van der Waals surface area contributed by atoms with E-state index in [0.717, 1.165) is 7.11 Å². The fourth-order valence-corrected chi connectivity index (χ4v) is 3.46. The number of ether oxygens (including phenoxy) is 1. The van der Waals surface area contributed by atoms with Gasteiger partial charge in [0, 0.05) is 12.0 Å². The quantitative estimate of drug-likeness (QED) is 0.422. The molecule has 0 bridgehead atoms. The summed E-state index contributed by atoms with van der Waals surface area (Å²) in [7, 11) is 1.16. The lowest BCUT2D eigenvalue weighted by atomic mass is 9.99. The van der Waals surface area contributed by atoms with Crippen molar-refractivity contribution in [3.63, 3.8) is 0 Å². The van der Waals surface area contributed by atoms with Crippen molar-refractivity contribution in [2.75, 3.05) is 7.11 Å². The van der Waals surface area contributed by atoms with Gasteiger partial charge >= 0.3 is 5.97 Å². The maximum Gasteiger partial charge on any atom is 0.328 e. The minimum atomic E-state index is -1.73. The Labute approximate surface area is 196 Å². The third-order valence-electron chi connectivity index (χ3n) is 5.20. The number of benzene rings is 3. The molecule has 7 nitrogen and oxygen atoms in total. The normalized spacial score (nSPS) is 13.3. The highest BCUT2D eigenvalue weighted by Gasteiger charge is 2.32. The summed E-state index contributed by atoms with van der Waals surface area (Å²) in [5.41, 5.74) is 1.31. The molecule has 0 heterocycles. The molecule has 8 heteroatoms. The zero-order chi connectivity index (χ0) is 24.5. The van der Waals surface area contributed by atoms with Gasteiger partial charge in [-0.2, -0.15) is 0 Å². The molecule has 0 fully saturated rings. The summed E-state index contributed by atoms with van der Waals surface area (Å²) in [6, 6.07) is 20.2. The standard InChI is InChI=1S/C26H25FN2O5/c1-34-26(33)21(16-17-9-8-14-20(27)15-17)28-25(32)23(30)22(18-10-4-2-5-11-18)29-24(31)19-12-6-3-7-13-19/h2-15,21-23,30H,16H2,1H3,(H,28,32)(H,29,31)/t21-,22-,23+/m0/s1. The van der Waals surface area contributed by atoms with E-state index in [2.05, 4.69) is 10.6 Å². The first-order valence-electron chi connectivity index (χ1n) is 10.6. The molecule has 0 aliphatic rings. The lowest BCUT2D eigenvalue weighted by Crippen LogP contribution is -2.51. The first-order valence-corrected chi connectivity index (χ1v) is 10.6. The molecule has 0 spiro atoms. The summed E-state index contributed by atoms with van der Waals surface area (Å²) in [6.07, 6.45) is -1.77. The van der Waals surface area contributed by atoms with Gasteiger partial charge in [-0.05, 0) is 35.4 Å². The monoisotopic (exact) mass is 464 g/mol. The van der Waals surface area contributed by atoms with Crippen molar-refractivity contribution in [3.05, 3.63) is 107 Å². The molecule has 0 unspecified atom stereocenters. The lowest BCUT2D eigenvalue weighted by molar-refractivity contribution is -0.146. The van der Waals surface area contributed by atoms with Crippen molar-refractivity contribution in [3.8, 4) is 0 Å². The predicted molar refractivity (Wildman–Crippen MR) is 123 cm³/mol. The number of carbonyl (C=O) groups is 3. The number of amides is 2. The summed E-state index contributed by atoms with van der Waals surface area (Å²) < 4.78 is 18.3. The van der Waals surface area contributed by atoms with Crippen LogP contribution in [0.3, 0.4) is 0 Å². The Morgan fingerprint density at radius 3 is 2.18 bits per heavy atom. The van der Waals surface area contributed by atoms with Crippen LogP contribution in [0.15, 0.2) is 84.9 Å². The molecular formula is C26H25FN2O5. The largest absolute Gasteiger partial charge is 0.467 e. The van der Waals surface area contributed by atoms with Crippen molar-refractivity contribution < 1.29 is 28.6 Å². The zero-order valence-electron chi connectivity index (χ0n) is 18.5. The molecular weight excluding hydrogens is 439 g/mol. The van der Waals surface area contributed by atoms with Crippen molar-refractivity contribution >= 4 is 17.8 Å². The van der Waals surface area contributed by atoms with Gasteiger partial charge in [0.1, 0.15) is 11.9 Å². The molecule has 0 radical (unpaired) electrons. The van der Waals surface area contributed by atoms with Gasteiger partial charge in [0.25, 0.3) is 11.8 Å². The van der Waals surface area contributed by atoms with E-state index in [1.807, 2.05) is 0 Å². The molecule has 3 aromatic rings. The van der Waals surface area contributed by atoms with Crippen LogP contribution in [0.25, 0.3) is 0 Å². The number of rotatable bonds is 9. The van der Waals surface area contributed by atoms with Crippen LogP contribution in [0.4, 0.5) is 4.39 Å². The van der Waals surface area contributed by atoms with Gasteiger partial charge in [-0.15, -0.1) is 0 Å². The highest BCUT2D eigenvalue weighted by atomic mass is 19.1. The maximum absolute atomic E-state index is 13.6. The van der Waals surface area contributed by atoms with E-state index in [1.165, 1.54) is 18.2 Å². The summed E-state index contributed by atoms with van der Waals surface area (Å²) in [5.74, 6) is -2.62. The van der Waals surface area contributed by atoms with Gasteiger partial charge in [0.2, 0.25) is 0 Å². The molecule has 0 aromatic heterocycles. The van der Waals surface area contributed by atoms with E-state index in [1.54, 1.807) is 66.7 Å². The molecule has 3 rings (SSSR count). The molecule has 0 saturated carbocycles. The van der Waals surface area contributed by atoms with E-state index in [0.29, 0.717) is 16.7 Å². The van der Waals surface area contributed by atoms with Crippen molar-refractivity contribution in [2.45, 2.75) is 24.6 Å². The number of esters is 1. The third kappa shape index (κ3) is 6.49. The highest BCUT2D eigenvalue weighted by Crippen LogP contribution is 2.19. The number of aliphatic hydroxyl groups is 1. The summed E-state index contributed by atoms with van der Waals surface area (Å²) in [4.78, 5) is 38.0. The van der Waals surface area contributed by atoms with Gasteiger partial charge in [0.05, 0.1) is 13.2 Å². The zero-order valence-corrected chi connectivity index (χ0v) is 18.5. The molecule has 0 saturated heterocycles. The van der Waals surface area contributed by atoms with E-state index < -0.39 is 41.8 Å². The number of nitrogens with one attached hydrogen (secondary N) is 2. The number of aliphatic hydroxyl groups excluding tert-OH is 1. The van der Waals surface area contributed by atoms with E-state index in [-0.39, 0.29) is 6.42 Å². The Morgan fingerprint density at radius 1 is 0.912 bits per heavy atom. The maximum atomic E-state index is 13.6. The summed E-state index contributed by atoms with van der Waals surface area (Å²) in [5, 5.41) is 16.1. The van der Waals surface area contributed by atoms with E-state index >= 15 is 0 Å². The van der Waals surface area contributed by atoms with Gasteiger partial charge < -0.3 is 20.5 Å². The molecule has 0 aliphatic heterocycles. The second kappa shape index (κ2) is 11.7. The summed E-state index contributed by atoms with van der Waals surface area (Å²) >= 11 is 0. The van der Waals surface area contributed by atoms with Gasteiger partial charge in [-0.3, -0.25) is 9.59 Å². The fraction of sp³-hybridized carbons (Fsp3) is 0.192. The smallest absolute Gasteiger partial charge is 0.328 e. The van der Waals surface area contributed by atoms with Gasteiger partial charge in [-0.25, -0.2) is 9.18 Å². The minimum absolute atomic E-state index is 0.0464. The Balaban J connectivity index is 1.81.